The van der Waals surface area contributed by atoms with E-state index < -0.39 is 23.2 Å². The second kappa shape index (κ2) is 9.51. The summed E-state index contributed by atoms with van der Waals surface area (Å²) in [5.74, 6) is -1.70. The van der Waals surface area contributed by atoms with Crippen LogP contribution in [0.25, 0.3) is 0 Å². The van der Waals surface area contributed by atoms with Gasteiger partial charge in [0.15, 0.2) is 0 Å². The van der Waals surface area contributed by atoms with Crippen molar-refractivity contribution in [3.05, 3.63) is 66.0 Å². The van der Waals surface area contributed by atoms with E-state index in [9.17, 15) is 19.2 Å². The minimum Gasteiger partial charge on any atom is -0.468 e. The van der Waals surface area contributed by atoms with Gasteiger partial charge in [0.25, 0.3) is 0 Å². The van der Waals surface area contributed by atoms with Gasteiger partial charge in [-0.1, -0.05) is 36.4 Å². The van der Waals surface area contributed by atoms with Crippen molar-refractivity contribution in [2.24, 2.45) is 0 Å². The van der Waals surface area contributed by atoms with Gasteiger partial charge in [-0.3, -0.25) is 29.1 Å². The summed E-state index contributed by atoms with van der Waals surface area (Å²) in [4.78, 5) is 57.5. The summed E-state index contributed by atoms with van der Waals surface area (Å²) >= 11 is 0. The Labute approximate surface area is 180 Å². The van der Waals surface area contributed by atoms with Crippen LogP contribution in [0.2, 0.25) is 0 Å². The molecule has 0 radical (unpaired) electrons. The van der Waals surface area contributed by atoms with Crippen molar-refractivity contribution in [1.82, 2.24) is 14.8 Å². The van der Waals surface area contributed by atoms with E-state index in [1.54, 1.807) is 36.5 Å². The van der Waals surface area contributed by atoms with Crippen LogP contribution in [0.1, 0.15) is 24.1 Å². The van der Waals surface area contributed by atoms with Gasteiger partial charge in [0.1, 0.15) is 6.54 Å². The fourth-order valence-corrected chi connectivity index (χ4v) is 3.76. The molecule has 0 bridgehead atoms. The van der Waals surface area contributed by atoms with E-state index in [-0.39, 0.29) is 31.8 Å². The predicted molar refractivity (Wildman–Crippen MR) is 112 cm³/mol. The molecular weight excluding hydrogens is 398 g/mol. The Balaban J connectivity index is 1.85. The first-order valence-electron chi connectivity index (χ1n) is 9.98. The number of nitrogens with zero attached hydrogens (tertiary/aromatic N) is 3. The molecule has 2 heterocycles. The Morgan fingerprint density at radius 2 is 1.84 bits per heavy atom. The molecule has 0 saturated carbocycles. The summed E-state index contributed by atoms with van der Waals surface area (Å²) < 4.78 is 4.61. The van der Waals surface area contributed by atoms with E-state index in [2.05, 4.69) is 9.72 Å². The van der Waals surface area contributed by atoms with Gasteiger partial charge in [-0.15, -0.1) is 0 Å². The third-order valence-corrected chi connectivity index (χ3v) is 5.53. The lowest BCUT2D eigenvalue weighted by atomic mass is 9.75. The van der Waals surface area contributed by atoms with E-state index >= 15 is 0 Å². The van der Waals surface area contributed by atoms with Crippen LogP contribution in [0, 0.1) is 0 Å². The fraction of sp³-hybridized carbons (Fsp3) is 0.348. The maximum Gasteiger partial charge on any atom is 0.325 e. The van der Waals surface area contributed by atoms with Crippen molar-refractivity contribution < 1.29 is 23.9 Å². The number of benzene rings is 1. The Kier molecular flexibility index (Phi) is 6.79. The van der Waals surface area contributed by atoms with Gasteiger partial charge < -0.3 is 9.64 Å². The number of likely N-dealkylation sites (N-methyl/N-ethyl adjacent to an activating group) is 1. The minimum atomic E-state index is -1.30. The van der Waals surface area contributed by atoms with Crippen LogP contribution in [0.4, 0.5) is 0 Å². The van der Waals surface area contributed by atoms with Crippen LogP contribution in [0.15, 0.2) is 54.7 Å². The van der Waals surface area contributed by atoms with Crippen molar-refractivity contribution in [1.29, 1.82) is 0 Å². The van der Waals surface area contributed by atoms with Crippen molar-refractivity contribution in [3.63, 3.8) is 0 Å². The van der Waals surface area contributed by atoms with Crippen LogP contribution in [-0.2, 0) is 35.8 Å². The number of esters is 1. The van der Waals surface area contributed by atoms with Crippen molar-refractivity contribution in [2.75, 3.05) is 27.2 Å². The number of ether oxygens (including phenoxy) is 1. The highest BCUT2D eigenvalue weighted by molar-refractivity contribution is 6.10. The quantitative estimate of drug-likeness (QED) is 0.470. The van der Waals surface area contributed by atoms with Crippen LogP contribution < -0.4 is 0 Å². The summed E-state index contributed by atoms with van der Waals surface area (Å²) in [5.41, 5.74) is 0.0758. The molecular formula is C23H25N3O5. The number of methoxy groups -OCH3 is 1. The zero-order valence-electron chi connectivity index (χ0n) is 17.6. The van der Waals surface area contributed by atoms with Crippen LogP contribution in [0.3, 0.4) is 0 Å². The average molecular weight is 423 g/mol. The van der Waals surface area contributed by atoms with Crippen LogP contribution in [-0.4, -0.2) is 65.7 Å². The second-order valence-electron chi connectivity index (χ2n) is 7.55. The summed E-state index contributed by atoms with van der Waals surface area (Å²) in [6.45, 7) is -0.0405. The molecule has 1 atom stereocenters. The molecule has 1 fully saturated rings. The number of amides is 3. The van der Waals surface area contributed by atoms with Gasteiger partial charge in [-0.05, 0) is 17.7 Å². The number of aromatic nitrogens is 1. The lowest BCUT2D eigenvalue weighted by molar-refractivity contribution is -0.147. The number of likely N-dealkylation sites (tertiary alicyclic amines) is 1. The standard InChI is InChI=1S/C23H25N3O5/c1-25(16-21(29)31-2)19(27)14-23(17-8-4-3-5-9-17)15-20(28)26(22(23)30)13-11-18-10-6-7-12-24-18/h3-10,12H,11,13-16H2,1-2H3/t23-/m1/s1. The molecule has 1 aliphatic rings. The highest BCUT2D eigenvalue weighted by Crippen LogP contribution is 2.40. The Bertz CT molecular complexity index is 964. The topological polar surface area (TPSA) is 96.9 Å². The third kappa shape index (κ3) is 4.79. The molecule has 3 amide bonds. The van der Waals surface area contributed by atoms with Crippen LogP contribution >= 0.6 is 0 Å². The number of rotatable bonds is 8. The molecule has 162 valence electrons. The third-order valence-electron chi connectivity index (χ3n) is 5.53. The maximum atomic E-state index is 13.5. The molecule has 0 N–H and O–H groups in total. The molecule has 3 rings (SSSR count). The highest BCUT2D eigenvalue weighted by Gasteiger charge is 2.53. The lowest BCUT2D eigenvalue weighted by Gasteiger charge is -2.29. The molecule has 0 aliphatic carbocycles. The van der Waals surface area contributed by atoms with E-state index in [0.717, 1.165) is 5.69 Å². The lowest BCUT2D eigenvalue weighted by Crippen LogP contribution is -2.44. The summed E-state index contributed by atoms with van der Waals surface area (Å²) in [6.07, 6.45) is 1.78. The average Bonchev–Trinajstić information content (AvgIpc) is 3.03. The van der Waals surface area contributed by atoms with E-state index in [1.165, 1.54) is 24.0 Å². The summed E-state index contributed by atoms with van der Waals surface area (Å²) in [7, 11) is 2.71. The number of hydrogen-bond donors (Lipinski definition) is 0. The van der Waals surface area contributed by atoms with E-state index in [1.807, 2.05) is 18.2 Å². The molecule has 2 aromatic rings. The molecule has 1 aromatic heterocycles. The number of carbonyl (C=O) groups is 4. The molecule has 8 nitrogen and oxygen atoms in total. The number of pyridine rings is 1. The molecule has 1 aromatic carbocycles. The molecule has 0 spiro atoms. The first kappa shape index (κ1) is 22.1. The predicted octanol–water partition coefficient (Wildman–Crippen LogP) is 1.34. The maximum absolute atomic E-state index is 13.5. The van der Waals surface area contributed by atoms with E-state index in [0.29, 0.717) is 12.0 Å². The number of carbonyl (C=O) groups excluding carboxylic acids is 4. The smallest absolute Gasteiger partial charge is 0.325 e. The van der Waals surface area contributed by atoms with Crippen LogP contribution in [0.5, 0.6) is 0 Å². The second-order valence-corrected chi connectivity index (χ2v) is 7.55. The first-order chi connectivity index (χ1) is 14.9. The Morgan fingerprint density at radius 3 is 2.48 bits per heavy atom. The van der Waals surface area contributed by atoms with Gasteiger partial charge >= 0.3 is 5.97 Å². The zero-order valence-corrected chi connectivity index (χ0v) is 17.6. The SMILES string of the molecule is COC(=O)CN(C)C(=O)C[C@]1(c2ccccc2)CC(=O)N(CCc2ccccn2)C1=O. The Hall–Kier alpha value is -3.55. The Morgan fingerprint density at radius 1 is 1.13 bits per heavy atom. The molecule has 31 heavy (non-hydrogen) atoms. The normalized spacial score (nSPS) is 18.2. The van der Waals surface area contributed by atoms with Gasteiger partial charge in [-0.25, -0.2) is 0 Å². The molecule has 8 heteroatoms. The fourth-order valence-electron chi connectivity index (χ4n) is 3.76. The molecule has 1 saturated heterocycles. The highest BCUT2D eigenvalue weighted by atomic mass is 16.5. The van der Waals surface area contributed by atoms with Crippen molar-refractivity contribution in [2.45, 2.75) is 24.7 Å². The zero-order chi connectivity index (χ0) is 22.4. The van der Waals surface area contributed by atoms with Crippen molar-refractivity contribution in [3.8, 4) is 0 Å². The first-order valence-corrected chi connectivity index (χ1v) is 9.98. The number of hydrogen-bond acceptors (Lipinski definition) is 6. The molecule has 0 unspecified atom stereocenters. The van der Waals surface area contributed by atoms with Gasteiger partial charge in [0, 0.05) is 44.7 Å². The minimum absolute atomic E-state index is 0.101. The van der Waals surface area contributed by atoms with Gasteiger partial charge in [-0.2, -0.15) is 0 Å². The van der Waals surface area contributed by atoms with Crippen molar-refractivity contribution >= 4 is 23.7 Å². The van der Waals surface area contributed by atoms with Gasteiger partial charge in [0.05, 0.1) is 12.5 Å². The van der Waals surface area contributed by atoms with Gasteiger partial charge in [0.2, 0.25) is 17.7 Å². The largest absolute Gasteiger partial charge is 0.468 e. The number of imide groups is 1. The van der Waals surface area contributed by atoms with E-state index in [4.69, 9.17) is 0 Å². The summed E-state index contributed by atoms with van der Waals surface area (Å²) in [6, 6.07) is 14.3. The monoisotopic (exact) mass is 423 g/mol. The molecule has 1 aliphatic heterocycles. The summed E-state index contributed by atoms with van der Waals surface area (Å²) in [5, 5.41) is 0.